The van der Waals surface area contributed by atoms with Crippen molar-refractivity contribution in [3.05, 3.63) is 22.6 Å². The summed E-state index contributed by atoms with van der Waals surface area (Å²) in [7, 11) is 4.49. The van der Waals surface area contributed by atoms with Crippen LogP contribution in [0.15, 0.2) is 17.0 Å². The average Bonchev–Trinajstić information content (AvgIpc) is 2.82. The van der Waals surface area contributed by atoms with Gasteiger partial charge in [-0.2, -0.15) is 0 Å². The van der Waals surface area contributed by atoms with E-state index in [1.54, 1.807) is 18.2 Å². The van der Waals surface area contributed by atoms with Gasteiger partial charge >= 0.3 is 5.97 Å². The van der Waals surface area contributed by atoms with E-state index in [1.807, 2.05) is 0 Å². The quantitative estimate of drug-likeness (QED) is 0.602. The number of carbonyl (C=O) groups is 2. The van der Waals surface area contributed by atoms with Crippen LogP contribution in [0.2, 0.25) is 0 Å². The fourth-order valence-electron chi connectivity index (χ4n) is 2.08. The highest BCUT2D eigenvalue weighted by Crippen LogP contribution is 2.39. The summed E-state index contributed by atoms with van der Waals surface area (Å²) in [6, 6.07) is 3.32. The molecule has 0 bridgehead atoms. The zero-order chi connectivity index (χ0) is 17.9. The van der Waals surface area contributed by atoms with Gasteiger partial charge in [0.15, 0.2) is 0 Å². The lowest BCUT2D eigenvalue weighted by molar-refractivity contribution is -0.140. The molecule has 1 amide bonds. The van der Waals surface area contributed by atoms with Crippen molar-refractivity contribution in [3.63, 3.8) is 0 Å². The second-order valence-electron chi connectivity index (χ2n) is 4.61. The number of rotatable bonds is 6. The molecule has 9 heteroatoms. The Kier molecular flexibility index (Phi) is 5.68. The first-order valence-corrected chi connectivity index (χ1v) is 7.91. The molecule has 128 valence electrons. The van der Waals surface area contributed by atoms with Gasteiger partial charge in [0, 0.05) is 12.1 Å². The number of carboxylic acid groups (broad SMARTS) is 1. The molecular formula is C15H15NO6S2. The van der Waals surface area contributed by atoms with Crippen LogP contribution in [0.4, 0.5) is 0 Å². The number of thioether (sulfide) groups is 1. The predicted octanol–water partition coefficient (Wildman–Crippen LogP) is 2.00. The van der Waals surface area contributed by atoms with Gasteiger partial charge in [-0.25, -0.2) is 0 Å². The zero-order valence-electron chi connectivity index (χ0n) is 13.2. The van der Waals surface area contributed by atoms with E-state index in [-0.39, 0.29) is 4.32 Å². The highest BCUT2D eigenvalue weighted by molar-refractivity contribution is 8.26. The van der Waals surface area contributed by atoms with Crippen LogP contribution in [0.1, 0.15) is 5.56 Å². The number of carboxylic acids is 1. The van der Waals surface area contributed by atoms with Gasteiger partial charge in [0.05, 0.1) is 31.8 Å². The minimum Gasteiger partial charge on any atom is -0.496 e. The van der Waals surface area contributed by atoms with Crippen LogP contribution < -0.4 is 14.2 Å². The minimum absolute atomic E-state index is 0.195. The van der Waals surface area contributed by atoms with Crippen molar-refractivity contribution in [3.8, 4) is 17.2 Å². The summed E-state index contributed by atoms with van der Waals surface area (Å²) < 4.78 is 16.0. The lowest BCUT2D eigenvalue weighted by Crippen LogP contribution is -2.33. The third-order valence-electron chi connectivity index (χ3n) is 3.20. The fraction of sp³-hybridized carbons (Fsp3) is 0.267. The standard InChI is InChI=1S/C15H15NO6S2/c1-20-8-4-10(21-2)9(11(5-8)22-3)6-12-14(19)16(7-13(17)18)15(23)24-12/h4-6H,7H2,1-3H3,(H,17,18). The van der Waals surface area contributed by atoms with Crippen molar-refractivity contribution in [1.29, 1.82) is 0 Å². The molecule has 1 aromatic carbocycles. The second kappa shape index (κ2) is 7.54. The zero-order valence-corrected chi connectivity index (χ0v) is 14.8. The molecule has 0 aliphatic carbocycles. The lowest BCUT2D eigenvalue weighted by Gasteiger charge is -2.13. The van der Waals surface area contributed by atoms with Gasteiger partial charge in [-0.3, -0.25) is 14.5 Å². The molecule has 0 radical (unpaired) electrons. The molecule has 1 fully saturated rings. The van der Waals surface area contributed by atoms with Crippen LogP contribution in [-0.4, -0.2) is 54.1 Å². The Bertz CT molecular complexity index is 706. The van der Waals surface area contributed by atoms with Crippen LogP contribution in [0.3, 0.4) is 0 Å². The number of ether oxygens (including phenoxy) is 3. The van der Waals surface area contributed by atoms with E-state index >= 15 is 0 Å². The molecule has 24 heavy (non-hydrogen) atoms. The molecule has 0 atom stereocenters. The molecule has 1 N–H and O–H groups in total. The van der Waals surface area contributed by atoms with Gasteiger partial charge in [0.1, 0.15) is 28.1 Å². The van der Waals surface area contributed by atoms with Gasteiger partial charge in [0.25, 0.3) is 5.91 Å². The maximum atomic E-state index is 12.4. The number of benzene rings is 1. The summed E-state index contributed by atoms with van der Waals surface area (Å²) in [4.78, 5) is 24.5. The summed E-state index contributed by atoms with van der Waals surface area (Å²) in [6.45, 7) is -0.473. The van der Waals surface area contributed by atoms with E-state index in [4.69, 9.17) is 31.5 Å². The number of amides is 1. The third-order valence-corrected chi connectivity index (χ3v) is 4.57. The SMILES string of the molecule is COc1cc(OC)c(C=C2SC(=S)N(CC(=O)O)C2=O)c(OC)c1. The van der Waals surface area contributed by atoms with Gasteiger partial charge in [0.2, 0.25) is 0 Å². The smallest absolute Gasteiger partial charge is 0.323 e. The average molecular weight is 369 g/mol. The number of nitrogens with zero attached hydrogens (tertiary/aromatic N) is 1. The molecule has 1 aromatic rings. The van der Waals surface area contributed by atoms with Crippen molar-refractivity contribution in [2.75, 3.05) is 27.9 Å². The number of aliphatic carboxylic acids is 1. The Labute approximate surface area is 148 Å². The first kappa shape index (κ1) is 18.1. The second-order valence-corrected chi connectivity index (χ2v) is 6.28. The highest BCUT2D eigenvalue weighted by atomic mass is 32.2. The van der Waals surface area contributed by atoms with Crippen LogP contribution in [0.5, 0.6) is 17.2 Å². The molecule has 2 rings (SSSR count). The Morgan fingerprint density at radius 1 is 1.25 bits per heavy atom. The normalized spacial score (nSPS) is 15.8. The number of methoxy groups -OCH3 is 3. The van der Waals surface area contributed by atoms with Crippen molar-refractivity contribution >= 4 is 46.3 Å². The molecule has 7 nitrogen and oxygen atoms in total. The highest BCUT2D eigenvalue weighted by Gasteiger charge is 2.33. The number of carbonyl (C=O) groups excluding carboxylic acids is 1. The summed E-state index contributed by atoms with van der Waals surface area (Å²) in [5, 5.41) is 8.87. The van der Waals surface area contributed by atoms with Crippen molar-refractivity contribution in [2.45, 2.75) is 0 Å². The fourth-order valence-corrected chi connectivity index (χ4v) is 3.31. The maximum Gasteiger partial charge on any atom is 0.323 e. The van der Waals surface area contributed by atoms with Gasteiger partial charge in [-0.1, -0.05) is 24.0 Å². The molecule has 1 saturated heterocycles. The Balaban J connectivity index is 2.46. The predicted molar refractivity (Wildman–Crippen MR) is 93.6 cm³/mol. The van der Waals surface area contributed by atoms with Crippen LogP contribution >= 0.6 is 24.0 Å². The molecule has 1 aliphatic rings. The van der Waals surface area contributed by atoms with E-state index in [2.05, 4.69) is 0 Å². The van der Waals surface area contributed by atoms with Crippen LogP contribution in [0.25, 0.3) is 6.08 Å². The summed E-state index contributed by atoms with van der Waals surface area (Å²) >= 11 is 6.10. The van der Waals surface area contributed by atoms with Crippen molar-refractivity contribution < 1.29 is 28.9 Å². The van der Waals surface area contributed by atoms with Crippen molar-refractivity contribution in [2.24, 2.45) is 0 Å². The van der Waals surface area contributed by atoms with E-state index < -0.39 is 18.4 Å². The van der Waals surface area contributed by atoms with E-state index in [0.29, 0.717) is 27.7 Å². The Hall–Kier alpha value is -2.26. The molecular weight excluding hydrogens is 354 g/mol. The Morgan fingerprint density at radius 3 is 2.29 bits per heavy atom. The molecule has 0 saturated carbocycles. The molecule has 1 aliphatic heterocycles. The summed E-state index contributed by atoms with van der Waals surface area (Å²) in [5.74, 6) is -0.150. The summed E-state index contributed by atoms with van der Waals surface area (Å²) in [5.41, 5.74) is 0.539. The molecule has 0 unspecified atom stereocenters. The van der Waals surface area contributed by atoms with Crippen molar-refractivity contribution in [1.82, 2.24) is 4.90 Å². The first-order chi connectivity index (χ1) is 11.4. The number of hydrogen-bond donors (Lipinski definition) is 1. The third kappa shape index (κ3) is 3.62. The molecule has 0 aromatic heterocycles. The number of hydrogen-bond acceptors (Lipinski definition) is 7. The largest absolute Gasteiger partial charge is 0.496 e. The minimum atomic E-state index is -1.13. The first-order valence-electron chi connectivity index (χ1n) is 6.68. The topological polar surface area (TPSA) is 85.3 Å². The van der Waals surface area contributed by atoms with Crippen LogP contribution in [-0.2, 0) is 9.59 Å². The maximum absolute atomic E-state index is 12.4. The van der Waals surface area contributed by atoms with Gasteiger partial charge in [-0.15, -0.1) is 0 Å². The Morgan fingerprint density at radius 2 is 1.83 bits per heavy atom. The molecule has 0 spiro atoms. The van der Waals surface area contributed by atoms with Gasteiger partial charge < -0.3 is 19.3 Å². The van der Waals surface area contributed by atoms with Crippen LogP contribution in [0, 0.1) is 0 Å². The van der Waals surface area contributed by atoms with E-state index in [0.717, 1.165) is 16.7 Å². The lowest BCUT2D eigenvalue weighted by atomic mass is 10.1. The van der Waals surface area contributed by atoms with E-state index in [9.17, 15) is 9.59 Å². The molecule has 1 heterocycles. The monoisotopic (exact) mass is 369 g/mol. The van der Waals surface area contributed by atoms with Gasteiger partial charge in [-0.05, 0) is 6.08 Å². The van der Waals surface area contributed by atoms with E-state index in [1.165, 1.54) is 21.3 Å². The number of thiocarbonyl (C=S) groups is 1. The summed E-state index contributed by atoms with van der Waals surface area (Å²) in [6.07, 6.45) is 1.57.